The van der Waals surface area contributed by atoms with Crippen LogP contribution in [-0.2, 0) is 0 Å². The van der Waals surface area contributed by atoms with E-state index in [-0.39, 0.29) is 5.76 Å². The molecule has 0 aliphatic rings. The standard InChI is InChI=1S/C4H9NO/c1-2-4(6)3-5/h3,6H,2,5H2,1H3. The molecule has 0 amide bonds. The zero-order chi connectivity index (χ0) is 4.99. The first-order chi connectivity index (χ1) is 2.81. The average molecular weight is 87.1 g/mol. The Balaban J connectivity index is 3.22. The normalized spacial score (nSPS) is 11.8. The highest BCUT2D eigenvalue weighted by molar-refractivity contribution is 4.83. The quantitative estimate of drug-likeness (QED) is 0.464. The Morgan fingerprint density at radius 1 is 2.00 bits per heavy atom. The van der Waals surface area contributed by atoms with Crippen molar-refractivity contribution >= 4 is 0 Å². The molecule has 6 heavy (non-hydrogen) atoms. The Labute approximate surface area is 37.3 Å². The third-order valence-electron chi connectivity index (χ3n) is 0.555. The fourth-order valence-corrected chi connectivity index (χ4v) is 0.118. The van der Waals surface area contributed by atoms with Crippen LogP contribution in [-0.4, -0.2) is 5.11 Å². The van der Waals surface area contributed by atoms with E-state index in [4.69, 9.17) is 10.8 Å². The van der Waals surface area contributed by atoms with E-state index in [0.29, 0.717) is 6.42 Å². The molecule has 3 N–H and O–H groups in total. The summed E-state index contributed by atoms with van der Waals surface area (Å²) in [5.74, 6) is 0.245. The van der Waals surface area contributed by atoms with E-state index in [9.17, 15) is 0 Å². The van der Waals surface area contributed by atoms with Crippen LogP contribution in [0.4, 0.5) is 0 Å². The largest absolute Gasteiger partial charge is 0.511 e. The number of hydrogen-bond acceptors (Lipinski definition) is 2. The number of aliphatic hydroxyl groups excluding tert-OH is 1. The lowest BCUT2D eigenvalue weighted by molar-refractivity contribution is 0.393. The van der Waals surface area contributed by atoms with Crippen LogP contribution in [0, 0.1) is 0 Å². The van der Waals surface area contributed by atoms with Gasteiger partial charge in [-0.3, -0.25) is 0 Å². The fraction of sp³-hybridized carbons (Fsp3) is 0.500. The maximum Gasteiger partial charge on any atom is 0.107 e. The molecule has 2 nitrogen and oxygen atoms in total. The van der Waals surface area contributed by atoms with Crippen LogP contribution < -0.4 is 5.73 Å². The van der Waals surface area contributed by atoms with Gasteiger partial charge in [0.25, 0.3) is 0 Å². The van der Waals surface area contributed by atoms with E-state index in [1.165, 1.54) is 6.20 Å². The molecule has 0 radical (unpaired) electrons. The van der Waals surface area contributed by atoms with Crippen molar-refractivity contribution in [1.82, 2.24) is 0 Å². The number of hydrogen-bond donors (Lipinski definition) is 2. The lowest BCUT2D eigenvalue weighted by atomic mass is 10.4. The molecule has 2 heteroatoms. The molecule has 36 valence electrons. The summed E-state index contributed by atoms with van der Waals surface area (Å²) in [6.45, 7) is 1.83. The van der Waals surface area contributed by atoms with E-state index in [1.807, 2.05) is 6.92 Å². The number of nitrogens with two attached hydrogens (primary N) is 1. The van der Waals surface area contributed by atoms with Gasteiger partial charge in [0.2, 0.25) is 0 Å². The number of allylic oxidation sites excluding steroid dienone is 1. The Morgan fingerprint density at radius 3 is 2.50 bits per heavy atom. The van der Waals surface area contributed by atoms with Gasteiger partial charge in [-0.15, -0.1) is 0 Å². The molecule has 0 saturated heterocycles. The molecule has 0 rings (SSSR count). The number of aliphatic hydroxyl groups is 1. The Morgan fingerprint density at radius 2 is 2.50 bits per heavy atom. The van der Waals surface area contributed by atoms with E-state index in [0.717, 1.165) is 0 Å². The topological polar surface area (TPSA) is 46.2 Å². The molecule has 0 atom stereocenters. The smallest absolute Gasteiger partial charge is 0.107 e. The van der Waals surface area contributed by atoms with Crippen molar-refractivity contribution in [1.29, 1.82) is 0 Å². The van der Waals surface area contributed by atoms with Crippen molar-refractivity contribution in [2.45, 2.75) is 13.3 Å². The highest BCUT2D eigenvalue weighted by atomic mass is 16.3. The predicted molar refractivity (Wildman–Crippen MR) is 25.2 cm³/mol. The van der Waals surface area contributed by atoms with E-state index >= 15 is 0 Å². The van der Waals surface area contributed by atoms with E-state index < -0.39 is 0 Å². The Kier molecular flexibility index (Phi) is 2.29. The van der Waals surface area contributed by atoms with Crippen molar-refractivity contribution < 1.29 is 5.11 Å². The average Bonchev–Trinajstić information content (AvgIpc) is 1.65. The first-order valence-electron chi connectivity index (χ1n) is 1.91. The summed E-state index contributed by atoms with van der Waals surface area (Å²) in [6.07, 6.45) is 1.82. The third kappa shape index (κ3) is 1.64. The minimum Gasteiger partial charge on any atom is -0.511 e. The lowest BCUT2D eigenvalue weighted by Crippen LogP contribution is -1.83. The summed E-state index contributed by atoms with van der Waals surface area (Å²) in [6, 6.07) is 0. The van der Waals surface area contributed by atoms with Gasteiger partial charge < -0.3 is 10.8 Å². The van der Waals surface area contributed by atoms with Crippen LogP contribution in [0.25, 0.3) is 0 Å². The predicted octanol–water partition coefficient (Wildman–Crippen LogP) is 0.755. The maximum atomic E-state index is 8.40. The second kappa shape index (κ2) is 2.57. The highest BCUT2D eigenvalue weighted by Gasteiger charge is 1.77. The zero-order valence-electron chi connectivity index (χ0n) is 3.81. The Bertz CT molecular complexity index is 58.6. The SMILES string of the molecule is CCC(O)=CN. The first-order valence-corrected chi connectivity index (χ1v) is 1.91. The van der Waals surface area contributed by atoms with Crippen LogP contribution in [0.1, 0.15) is 13.3 Å². The summed E-state index contributed by atoms with van der Waals surface area (Å²) in [5.41, 5.74) is 4.87. The first kappa shape index (κ1) is 5.34. The van der Waals surface area contributed by atoms with Gasteiger partial charge in [0.1, 0.15) is 5.76 Å². The van der Waals surface area contributed by atoms with Gasteiger partial charge in [-0.1, -0.05) is 6.92 Å². The second-order valence-corrected chi connectivity index (χ2v) is 1.01. The minimum atomic E-state index is 0.245. The van der Waals surface area contributed by atoms with Crippen molar-refractivity contribution in [2.75, 3.05) is 0 Å². The van der Waals surface area contributed by atoms with Crippen molar-refractivity contribution in [3.63, 3.8) is 0 Å². The van der Waals surface area contributed by atoms with Gasteiger partial charge in [0.15, 0.2) is 0 Å². The Hall–Kier alpha value is -0.660. The van der Waals surface area contributed by atoms with Crippen molar-refractivity contribution in [3.8, 4) is 0 Å². The molecule has 0 heterocycles. The molecule has 0 bridgehead atoms. The summed E-state index contributed by atoms with van der Waals surface area (Å²) in [5, 5.41) is 8.40. The van der Waals surface area contributed by atoms with Crippen LogP contribution >= 0.6 is 0 Å². The van der Waals surface area contributed by atoms with Crippen molar-refractivity contribution in [2.24, 2.45) is 5.73 Å². The summed E-state index contributed by atoms with van der Waals surface area (Å²) in [7, 11) is 0. The molecule has 0 fully saturated rings. The van der Waals surface area contributed by atoms with E-state index in [2.05, 4.69) is 0 Å². The lowest BCUT2D eigenvalue weighted by Gasteiger charge is -1.84. The molecular weight excluding hydrogens is 78.1 g/mol. The highest BCUT2D eigenvalue weighted by Crippen LogP contribution is 1.87. The van der Waals surface area contributed by atoms with Crippen LogP contribution in [0.2, 0.25) is 0 Å². The monoisotopic (exact) mass is 87.1 g/mol. The van der Waals surface area contributed by atoms with Gasteiger partial charge in [0.05, 0.1) is 0 Å². The van der Waals surface area contributed by atoms with E-state index in [1.54, 1.807) is 0 Å². The van der Waals surface area contributed by atoms with Gasteiger partial charge >= 0.3 is 0 Å². The van der Waals surface area contributed by atoms with Gasteiger partial charge in [-0.05, 0) is 0 Å². The third-order valence-corrected chi connectivity index (χ3v) is 0.555. The maximum absolute atomic E-state index is 8.40. The fourth-order valence-electron chi connectivity index (χ4n) is 0.118. The molecule has 0 aliphatic heterocycles. The van der Waals surface area contributed by atoms with Crippen LogP contribution in [0.5, 0.6) is 0 Å². The molecule has 0 saturated carbocycles. The summed E-state index contributed by atoms with van der Waals surface area (Å²) in [4.78, 5) is 0. The molecule has 0 aromatic carbocycles. The summed E-state index contributed by atoms with van der Waals surface area (Å²) >= 11 is 0. The van der Waals surface area contributed by atoms with Crippen LogP contribution in [0.15, 0.2) is 12.0 Å². The zero-order valence-corrected chi connectivity index (χ0v) is 3.81. The molecule has 0 aliphatic carbocycles. The molecule has 0 aromatic rings. The van der Waals surface area contributed by atoms with Crippen LogP contribution in [0.3, 0.4) is 0 Å². The molecular formula is C4H9NO. The van der Waals surface area contributed by atoms with Crippen molar-refractivity contribution in [3.05, 3.63) is 12.0 Å². The minimum absolute atomic E-state index is 0.245. The second-order valence-electron chi connectivity index (χ2n) is 1.01. The van der Waals surface area contributed by atoms with Gasteiger partial charge in [-0.2, -0.15) is 0 Å². The summed E-state index contributed by atoms with van der Waals surface area (Å²) < 4.78 is 0. The molecule has 0 unspecified atom stereocenters. The molecule has 0 spiro atoms. The molecule has 0 aromatic heterocycles. The van der Waals surface area contributed by atoms with Gasteiger partial charge in [0, 0.05) is 12.6 Å². The van der Waals surface area contributed by atoms with Gasteiger partial charge in [-0.25, -0.2) is 0 Å². The number of rotatable bonds is 1.